The van der Waals surface area contributed by atoms with Gasteiger partial charge in [-0.25, -0.2) is 9.37 Å². The number of primary amides is 1. The molecule has 6 nitrogen and oxygen atoms in total. The van der Waals surface area contributed by atoms with Gasteiger partial charge in [0, 0.05) is 0 Å². The van der Waals surface area contributed by atoms with Crippen molar-refractivity contribution < 1.29 is 27.1 Å². The number of halogens is 4. The molecule has 6 rings (SSSR count). The van der Waals surface area contributed by atoms with Crippen molar-refractivity contribution in [2.75, 3.05) is 6.61 Å². The summed E-state index contributed by atoms with van der Waals surface area (Å²) >= 11 is 0. The molecular weight excluding hydrogens is 452 g/mol. The Hall–Kier alpha value is -2.20. The van der Waals surface area contributed by atoms with Crippen molar-refractivity contribution in [1.29, 1.82) is 0 Å². The lowest BCUT2D eigenvalue weighted by Gasteiger charge is -2.69. The molecule has 5 N–H and O–H groups in total. The molecule has 4 fully saturated rings. The molecule has 3 atom stereocenters. The van der Waals surface area contributed by atoms with Crippen LogP contribution in [-0.4, -0.2) is 39.9 Å². The van der Waals surface area contributed by atoms with Gasteiger partial charge >= 0.3 is 6.18 Å². The Morgan fingerprint density at radius 1 is 1.26 bits per heavy atom. The average molecular weight is 483 g/mol. The molecule has 4 saturated carbocycles. The van der Waals surface area contributed by atoms with E-state index in [1.165, 1.54) is 0 Å². The number of imidazole rings is 1. The third-order valence-corrected chi connectivity index (χ3v) is 8.03. The van der Waals surface area contributed by atoms with Crippen LogP contribution in [0.4, 0.5) is 17.6 Å². The number of rotatable bonds is 9. The Morgan fingerprint density at radius 3 is 2.44 bits per heavy atom. The first-order chi connectivity index (χ1) is 15.7. The molecule has 1 amide bonds. The molecule has 1 unspecified atom stereocenters. The van der Waals surface area contributed by atoms with Crippen LogP contribution in [0.15, 0.2) is 18.2 Å². The summed E-state index contributed by atoms with van der Waals surface area (Å²) in [6, 6.07) is 4.76. The predicted octanol–water partition coefficient (Wildman–Crippen LogP) is 4.41. The van der Waals surface area contributed by atoms with Crippen molar-refractivity contribution in [3.05, 3.63) is 29.6 Å². The quantitative estimate of drug-likeness (QED) is 0.460. The van der Waals surface area contributed by atoms with E-state index in [9.17, 15) is 22.4 Å². The molecule has 0 radical (unpaired) electrons. The fourth-order valence-corrected chi connectivity index (χ4v) is 6.01. The first kappa shape index (κ1) is 23.5. The first-order valence-electron chi connectivity index (χ1n) is 11.7. The van der Waals surface area contributed by atoms with Crippen molar-refractivity contribution in [2.45, 2.75) is 75.4 Å². The van der Waals surface area contributed by atoms with Crippen LogP contribution in [0.25, 0.3) is 11.0 Å². The van der Waals surface area contributed by atoms with E-state index in [1.54, 1.807) is 0 Å². The van der Waals surface area contributed by atoms with E-state index >= 15 is 0 Å². The van der Waals surface area contributed by atoms with Gasteiger partial charge in [0.1, 0.15) is 11.5 Å². The Morgan fingerprint density at radius 2 is 1.91 bits per heavy atom. The number of benzene rings is 1. The summed E-state index contributed by atoms with van der Waals surface area (Å²) in [6.07, 6.45) is -1.33. The largest absolute Gasteiger partial charge is 0.416 e. The van der Waals surface area contributed by atoms with Crippen LogP contribution in [0.1, 0.15) is 69.3 Å². The third kappa shape index (κ3) is 3.79. The molecule has 34 heavy (non-hydrogen) atoms. The second-order valence-corrected chi connectivity index (χ2v) is 11.1. The van der Waals surface area contributed by atoms with Crippen LogP contribution < -0.4 is 11.5 Å². The van der Waals surface area contributed by atoms with E-state index < -0.39 is 29.4 Å². The van der Waals surface area contributed by atoms with Crippen molar-refractivity contribution in [2.24, 2.45) is 28.7 Å². The molecule has 2 aromatic rings. The van der Waals surface area contributed by atoms with Crippen molar-refractivity contribution >= 4 is 16.9 Å². The molecule has 1 aromatic carbocycles. The number of ether oxygens (including phenoxy) is 1. The third-order valence-electron chi connectivity index (χ3n) is 8.03. The van der Waals surface area contributed by atoms with Crippen molar-refractivity contribution in [3.63, 3.8) is 0 Å². The van der Waals surface area contributed by atoms with Gasteiger partial charge in [0.15, 0.2) is 5.60 Å². The number of carbonyl (C=O) groups excluding carboxylic acids is 1. The average Bonchev–Trinajstić information content (AvgIpc) is 3.43. The molecule has 186 valence electrons. The number of H-pyrrole nitrogens is 1. The van der Waals surface area contributed by atoms with Crippen molar-refractivity contribution in [3.8, 4) is 0 Å². The standard InChI is InChI=1S/C24H30F4N4O2/c1-21(2,24(26,27)28)34-8-14(29)20-31-15-6-5-13(7-16(15)32-20)17(12-3-4-12)18(19(30)33)22-9-23(25,10-22)11-22/h5-7,12,14,17-18H,3-4,8-11,29H2,1-2H3,(H2,30,33)(H,31,32)/t14-,17-,18?,22?,23?/m0/s1. The van der Waals surface area contributed by atoms with Gasteiger partial charge in [0.05, 0.1) is 29.6 Å². The lowest BCUT2D eigenvalue weighted by atomic mass is 9.36. The zero-order valence-corrected chi connectivity index (χ0v) is 19.2. The molecule has 10 heteroatoms. The number of alkyl halides is 4. The zero-order valence-electron chi connectivity index (χ0n) is 19.2. The maximum absolute atomic E-state index is 14.3. The minimum atomic E-state index is -4.52. The molecule has 4 aliphatic carbocycles. The van der Waals surface area contributed by atoms with Gasteiger partial charge in [-0.05, 0) is 80.9 Å². The van der Waals surface area contributed by atoms with Gasteiger partial charge in [-0.3, -0.25) is 4.79 Å². The predicted molar refractivity (Wildman–Crippen MR) is 117 cm³/mol. The van der Waals surface area contributed by atoms with Crippen molar-refractivity contribution in [1.82, 2.24) is 9.97 Å². The molecule has 2 bridgehead atoms. The summed E-state index contributed by atoms with van der Waals surface area (Å²) in [5.41, 5.74) is 10.4. The van der Waals surface area contributed by atoms with Gasteiger partial charge in [-0.1, -0.05) is 6.07 Å². The summed E-state index contributed by atoms with van der Waals surface area (Å²) in [7, 11) is 0. The van der Waals surface area contributed by atoms with Crippen LogP contribution >= 0.6 is 0 Å². The normalized spacial score (nSPS) is 29.3. The highest BCUT2D eigenvalue weighted by Crippen LogP contribution is 2.75. The SMILES string of the molecule is CC(C)(OC[C@H](N)c1nc2ccc([C@H](C3CC3)C(C(N)=O)C34CC(F)(C3)C4)cc2[nH]1)C(F)(F)F. The number of nitrogens with zero attached hydrogens (tertiary/aromatic N) is 1. The fourth-order valence-electron chi connectivity index (χ4n) is 6.01. The van der Waals surface area contributed by atoms with Crippen LogP contribution in [-0.2, 0) is 9.53 Å². The number of carbonyl (C=O) groups is 1. The monoisotopic (exact) mass is 482 g/mol. The molecule has 0 aliphatic heterocycles. The highest BCUT2D eigenvalue weighted by Gasteiger charge is 2.74. The topological polar surface area (TPSA) is 107 Å². The maximum atomic E-state index is 14.3. The van der Waals surface area contributed by atoms with E-state index in [0.29, 0.717) is 42.0 Å². The Labute approximate surface area is 194 Å². The van der Waals surface area contributed by atoms with E-state index in [1.807, 2.05) is 18.2 Å². The lowest BCUT2D eigenvalue weighted by molar-refractivity contribution is -0.264. The van der Waals surface area contributed by atoms with E-state index in [2.05, 4.69) is 9.97 Å². The number of nitrogens with two attached hydrogens (primary N) is 2. The number of hydrogen-bond acceptors (Lipinski definition) is 4. The van der Waals surface area contributed by atoms with Gasteiger partial charge in [-0.15, -0.1) is 0 Å². The summed E-state index contributed by atoms with van der Waals surface area (Å²) in [5.74, 6) is -0.253. The lowest BCUT2D eigenvalue weighted by Crippen LogP contribution is -2.69. The summed E-state index contributed by atoms with van der Waals surface area (Å²) in [4.78, 5) is 20.1. The maximum Gasteiger partial charge on any atom is 0.416 e. The Kier molecular flexibility index (Phi) is 5.12. The molecule has 0 spiro atoms. The number of amides is 1. The molecule has 0 saturated heterocycles. The van der Waals surface area contributed by atoms with Gasteiger partial charge in [0.25, 0.3) is 0 Å². The second-order valence-electron chi connectivity index (χ2n) is 11.1. The number of aromatic amines is 1. The van der Waals surface area contributed by atoms with Gasteiger partial charge in [-0.2, -0.15) is 13.2 Å². The van der Waals surface area contributed by atoms with E-state index in [4.69, 9.17) is 16.2 Å². The zero-order chi connectivity index (χ0) is 24.7. The Balaban J connectivity index is 1.38. The molecule has 4 aliphatic rings. The van der Waals surface area contributed by atoms with E-state index in [-0.39, 0.29) is 23.8 Å². The number of hydrogen-bond donors (Lipinski definition) is 3. The van der Waals surface area contributed by atoms with Crippen LogP contribution in [0, 0.1) is 17.3 Å². The smallest absolute Gasteiger partial charge is 0.369 e. The molecular formula is C24H30F4N4O2. The summed E-state index contributed by atoms with van der Waals surface area (Å²) in [6.45, 7) is 1.55. The molecule has 1 aromatic heterocycles. The molecule has 1 heterocycles. The van der Waals surface area contributed by atoms with Gasteiger partial charge in [0.2, 0.25) is 5.91 Å². The van der Waals surface area contributed by atoms with Gasteiger partial charge < -0.3 is 21.2 Å². The number of fused-ring (bicyclic) bond motifs is 1. The minimum Gasteiger partial charge on any atom is -0.369 e. The Bertz CT molecular complexity index is 1100. The van der Waals surface area contributed by atoms with Crippen LogP contribution in [0.5, 0.6) is 0 Å². The minimum absolute atomic E-state index is 0.0944. The fraction of sp³-hybridized carbons (Fsp3) is 0.667. The number of aromatic nitrogens is 2. The highest BCUT2D eigenvalue weighted by atomic mass is 19.4. The summed E-state index contributed by atoms with van der Waals surface area (Å²) in [5, 5.41) is 0. The van der Waals surface area contributed by atoms with E-state index in [0.717, 1.165) is 32.3 Å². The number of nitrogens with one attached hydrogen (secondary N) is 1. The second kappa shape index (κ2) is 7.40. The highest BCUT2D eigenvalue weighted by molar-refractivity contribution is 5.81. The van der Waals surface area contributed by atoms with Crippen LogP contribution in [0.3, 0.4) is 0 Å². The summed E-state index contributed by atoms with van der Waals surface area (Å²) < 4.78 is 58.5. The first-order valence-corrected chi connectivity index (χ1v) is 11.7. The van der Waals surface area contributed by atoms with Crippen LogP contribution in [0.2, 0.25) is 0 Å².